The minimum atomic E-state index is -0.335. The first kappa shape index (κ1) is 20.9. The number of rotatable bonds is 6. The normalized spacial score (nSPS) is 13.3. The molecule has 0 spiro atoms. The SMILES string of the molecule is O=C1NC(=O)c2c1c1c3ccccc3[nH]c1c1c2c2ccccc2n1CCCOCc1ccccc1. The number of amides is 2. The lowest BCUT2D eigenvalue weighted by atomic mass is 9.97. The van der Waals surface area contributed by atoms with E-state index < -0.39 is 0 Å². The summed E-state index contributed by atoms with van der Waals surface area (Å²) >= 11 is 0. The van der Waals surface area contributed by atoms with Crippen molar-refractivity contribution < 1.29 is 14.3 Å². The lowest BCUT2D eigenvalue weighted by molar-refractivity contribution is 0.0880. The highest BCUT2D eigenvalue weighted by Gasteiger charge is 2.35. The molecule has 0 radical (unpaired) electrons. The van der Waals surface area contributed by atoms with Gasteiger partial charge in [0.2, 0.25) is 0 Å². The average molecular weight is 474 g/mol. The molecule has 1 aliphatic heterocycles. The number of nitrogens with zero attached hydrogens (tertiary/aromatic N) is 1. The molecule has 2 amide bonds. The first-order valence-corrected chi connectivity index (χ1v) is 12.2. The average Bonchev–Trinajstić information content (AvgIpc) is 3.54. The van der Waals surface area contributed by atoms with E-state index in [1.54, 1.807) is 0 Å². The lowest BCUT2D eigenvalue weighted by Crippen LogP contribution is -2.20. The van der Waals surface area contributed by atoms with Gasteiger partial charge in [0.05, 0.1) is 28.8 Å². The fraction of sp³-hybridized carbons (Fsp3) is 0.133. The van der Waals surface area contributed by atoms with Crippen molar-refractivity contribution in [2.45, 2.75) is 19.6 Å². The van der Waals surface area contributed by atoms with Gasteiger partial charge in [-0.15, -0.1) is 0 Å². The minimum absolute atomic E-state index is 0.332. The van der Waals surface area contributed by atoms with Gasteiger partial charge < -0.3 is 14.3 Å². The number of imide groups is 1. The Labute approximate surface area is 206 Å². The number of aryl methyl sites for hydroxylation is 1. The van der Waals surface area contributed by atoms with Crippen LogP contribution in [0.25, 0.3) is 43.6 Å². The van der Waals surface area contributed by atoms with Crippen LogP contribution in [0.4, 0.5) is 0 Å². The molecular weight excluding hydrogens is 450 g/mol. The highest BCUT2D eigenvalue weighted by Crippen LogP contribution is 2.43. The van der Waals surface area contributed by atoms with Crippen LogP contribution in [0, 0.1) is 0 Å². The second-order valence-corrected chi connectivity index (χ2v) is 9.24. The molecule has 36 heavy (non-hydrogen) atoms. The number of ether oxygens (including phenoxy) is 1. The molecule has 7 rings (SSSR count). The molecule has 0 bridgehead atoms. The fourth-order valence-corrected chi connectivity index (χ4v) is 5.65. The summed E-state index contributed by atoms with van der Waals surface area (Å²) in [5, 5.41) is 6.10. The van der Waals surface area contributed by atoms with E-state index in [0.29, 0.717) is 24.3 Å². The van der Waals surface area contributed by atoms with Gasteiger partial charge >= 0.3 is 0 Å². The van der Waals surface area contributed by atoms with Crippen LogP contribution >= 0.6 is 0 Å². The van der Waals surface area contributed by atoms with E-state index in [1.165, 1.54) is 0 Å². The number of carbonyl (C=O) groups excluding carboxylic acids is 2. The molecule has 2 N–H and O–H groups in total. The topological polar surface area (TPSA) is 76.1 Å². The van der Waals surface area contributed by atoms with E-state index in [9.17, 15) is 9.59 Å². The van der Waals surface area contributed by atoms with Crippen LogP contribution in [-0.2, 0) is 17.9 Å². The van der Waals surface area contributed by atoms with Gasteiger partial charge in [-0.2, -0.15) is 0 Å². The summed E-state index contributed by atoms with van der Waals surface area (Å²) in [7, 11) is 0. The summed E-state index contributed by atoms with van der Waals surface area (Å²) in [5.41, 5.74) is 5.91. The second kappa shape index (κ2) is 8.07. The maximum absolute atomic E-state index is 13.1. The molecule has 2 aromatic heterocycles. The fourth-order valence-electron chi connectivity index (χ4n) is 5.65. The molecule has 0 aliphatic carbocycles. The summed E-state index contributed by atoms with van der Waals surface area (Å²) in [5.74, 6) is -0.668. The third kappa shape index (κ3) is 3.01. The first-order chi connectivity index (χ1) is 17.7. The van der Waals surface area contributed by atoms with E-state index in [-0.39, 0.29) is 11.8 Å². The molecular formula is C30H23N3O3. The molecule has 3 heterocycles. The van der Waals surface area contributed by atoms with Crippen molar-refractivity contribution in [2.24, 2.45) is 0 Å². The molecule has 0 saturated heterocycles. The van der Waals surface area contributed by atoms with Crippen LogP contribution in [-0.4, -0.2) is 28.0 Å². The molecule has 1 aliphatic rings. The van der Waals surface area contributed by atoms with Gasteiger partial charge in [0, 0.05) is 45.7 Å². The van der Waals surface area contributed by atoms with Crippen LogP contribution in [0.2, 0.25) is 0 Å². The van der Waals surface area contributed by atoms with Crippen molar-refractivity contribution >= 4 is 55.4 Å². The molecule has 0 saturated carbocycles. The second-order valence-electron chi connectivity index (χ2n) is 9.24. The van der Waals surface area contributed by atoms with Crippen LogP contribution in [0.1, 0.15) is 32.7 Å². The molecule has 4 aromatic carbocycles. The molecule has 6 heteroatoms. The Morgan fingerprint density at radius 3 is 2.28 bits per heavy atom. The number of aromatic amines is 1. The summed E-state index contributed by atoms with van der Waals surface area (Å²) < 4.78 is 8.22. The zero-order valence-corrected chi connectivity index (χ0v) is 19.5. The predicted octanol–water partition coefficient (Wildman–Crippen LogP) is 5.92. The van der Waals surface area contributed by atoms with Crippen LogP contribution in [0.3, 0.4) is 0 Å². The van der Waals surface area contributed by atoms with E-state index in [1.807, 2.05) is 60.7 Å². The number of hydrogen-bond donors (Lipinski definition) is 2. The van der Waals surface area contributed by atoms with Crippen molar-refractivity contribution in [3.05, 3.63) is 95.6 Å². The van der Waals surface area contributed by atoms with Crippen molar-refractivity contribution in [2.75, 3.05) is 6.61 Å². The Bertz CT molecular complexity index is 1830. The number of aromatic nitrogens is 2. The summed E-state index contributed by atoms with van der Waals surface area (Å²) in [6, 6.07) is 26.2. The van der Waals surface area contributed by atoms with Crippen LogP contribution < -0.4 is 5.32 Å². The Morgan fingerprint density at radius 1 is 0.750 bits per heavy atom. The van der Waals surface area contributed by atoms with E-state index in [2.05, 4.69) is 33.1 Å². The van der Waals surface area contributed by atoms with Gasteiger partial charge in [0.15, 0.2) is 0 Å². The lowest BCUT2D eigenvalue weighted by Gasteiger charge is -2.10. The number of nitrogens with one attached hydrogen (secondary N) is 2. The largest absolute Gasteiger partial charge is 0.377 e. The van der Waals surface area contributed by atoms with Gasteiger partial charge in [0.25, 0.3) is 11.8 Å². The van der Waals surface area contributed by atoms with Crippen molar-refractivity contribution in [3.8, 4) is 0 Å². The Balaban J connectivity index is 1.41. The van der Waals surface area contributed by atoms with Gasteiger partial charge in [-0.25, -0.2) is 0 Å². The van der Waals surface area contributed by atoms with Gasteiger partial charge in [-0.1, -0.05) is 66.7 Å². The number of H-pyrrole nitrogens is 1. The van der Waals surface area contributed by atoms with Gasteiger partial charge in [0.1, 0.15) is 0 Å². The summed E-state index contributed by atoms with van der Waals surface area (Å²) in [6.45, 7) is 1.91. The molecule has 176 valence electrons. The zero-order valence-electron chi connectivity index (χ0n) is 19.5. The third-order valence-corrected chi connectivity index (χ3v) is 7.13. The number of benzene rings is 4. The first-order valence-electron chi connectivity index (χ1n) is 12.2. The maximum Gasteiger partial charge on any atom is 0.259 e. The van der Waals surface area contributed by atoms with Gasteiger partial charge in [-0.05, 0) is 24.1 Å². The van der Waals surface area contributed by atoms with Crippen molar-refractivity contribution in [3.63, 3.8) is 0 Å². The maximum atomic E-state index is 13.1. The monoisotopic (exact) mass is 473 g/mol. The predicted molar refractivity (Wildman–Crippen MR) is 141 cm³/mol. The van der Waals surface area contributed by atoms with Crippen LogP contribution in [0.15, 0.2) is 78.9 Å². The van der Waals surface area contributed by atoms with E-state index >= 15 is 0 Å². The number of carbonyl (C=O) groups is 2. The smallest absolute Gasteiger partial charge is 0.259 e. The number of fused-ring (bicyclic) bond motifs is 10. The molecule has 0 atom stereocenters. The van der Waals surface area contributed by atoms with Crippen molar-refractivity contribution in [1.29, 1.82) is 0 Å². The molecule has 0 unspecified atom stereocenters. The van der Waals surface area contributed by atoms with Gasteiger partial charge in [-0.3, -0.25) is 14.9 Å². The highest BCUT2D eigenvalue weighted by molar-refractivity contribution is 6.39. The van der Waals surface area contributed by atoms with Crippen molar-refractivity contribution in [1.82, 2.24) is 14.9 Å². The number of hydrogen-bond acceptors (Lipinski definition) is 3. The van der Waals surface area contributed by atoms with E-state index in [4.69, 9.17) is 4.74 Å². The Kier molecular flexibility index (Phi) is 4.69. The summed E-state index contributed by atoms with van der Waals surface area (Å²) in [4.78, 5) is 29.7. The third-order valence-electron chi connectivity index (χ3n) is 7.13. The zero-order chi connectivity index (χ0) is 24.2. The van der Waals surface area contributed by atoms with E-state index in [0.717, 1.165) is 62.1 Å². The minimum Gasteiger partial charge on any atom is -0.377 e. The quantitative estimate of drug-likeness (QED) is 0.233. The standard InChI is InChI=1S/C30H23N3O3/c34-29-25-23-19-11-4-6-13-21(19)31-27(23)28-24(26(25)30(35)32-29)20-12-5-7-14-22(20)33(28)15-8-16-36-17-18-9-2-1-3-10-18/h1-7,9-14,31H,8,15-17H2,(H,32,34,35). The Morgan fingerprint density at radius 2 is 1.44 bits per heavy atom. The molecule has 6 aromatic rings. The Hall–Kier alpha value is -4.42. The molecule has 6 nitrogen and oxygen atoms in total. The summed E-state index contributed by atoms with van der Waals surface area (Å²) in [6.07, 6.45) is 0.810. The highest BCUT2D eigenvalue weighted by atomic mass is 16.5. The molecule has 0 fully saturated rings. The van der Waals surface area contributed by atoms with Crippen LogP contribution in [0.5, 0.6) is 0 Å². The number of para-hydroxylation sites is 2.